The van der Waals surface area contributed by atoms with E-state index in [1.54, 1.807) is 0 Å². The van der Waals surface area contributed by atoms with Gasteiger partial charge in [-0.25, -0.2) is 8.42 Å². The van der Waals surface area contributed by atoms with Crippen LogP contribution in [0.15, 0.2) is 0 Å². The molecule has 1 rings (SSSR count). The Bertz CT molecular complexity index is 316. The van der Waals surface area contributed by atoms with Crippen molar-refractivity contribution in [3.8, 4) is 0 Å². The van der Waals surface area contributed by atoms with Gasteiger partial charge in [-0.2, -0.15) is 4.31 Å². The van der Waals surface area contributed by atoms with Crippen LogP contribution in [0.25, 0.3) is 0 Å². The third-order valence-corrected chi connectivity index (χ3v) is 5.34. The van der Waals surface area contributed by atoms with E-state index in [4.69, 9.17) is 0 Å². The summed E-state index contributed by atoms with van der Waals surface area (Å²) in [4.78, 5) is 11.2. The molecule has 0 spiro atoms. The van der Waals surface area contributed by atoms with Crippen molar-refractivity contribution in [3.63, 3.8) is 0 Å². The molecule has 1 unspecified atom stereocenters. The lowest BCUT2D eigenvalue weighted by Crippen LogP contribution is -2.41. The van der Waals surface area contributed by atoms with Gasteiger partial charge in [0.15, 0.2) is 0 Å². The summed E-state index contributed by atoms with van der Waals surface area (Å²) in [5, 5.41) is 0. The van der Waals surface area contributed by atoms with E-state index in [-0.39, 0.29) is 4.66 Å². The Morgan fingerprint density at radius 3 is 2.79 bits per heavy atom. The molecule has 1 atom stereocenters. The predicted octanol–water partition coefficient (Wildman–Crippen LogP) is 0.306. The number of carbonyl (C=O) groups excluding carboxylic acids is 1. The van der Waals surface area contributed by atoms with Crippen LogP contribution < -0.4 is 0 Å². The minimum Gasteiger partial charge on any atom is -0.468 e. The fourth-order valence-corrected chi connectivity index (χ4v) is 3.41. The average Bonchev–Trinajstić information content (AvgIpc) is 2.65. The van der Waals surface area contributed by atoms with Crippen LogP contribution in [-0.2, 0) is 19.6 Å². The second-order valence-corrected chi connectivity index (χ2v) is 6.24. The second-order valence-electron chi connectivity index (χ2n) is 3.01. The number of methoxy groups -OCH3 is 1. The number of halogens is 1. The molecular weight excluding hydrogens is 274 g/mol. The van der Waals surface area contributed by atoms with Gasteiger partial charge in [-0.05, 0) is 12.8 Å². The average molecular weight is 286 g/mol. The van der Waals surface area contributed by atoms with Gasteiger partial charge in [0.05, 0.1) is 7.11 Å². The number of carbonyl (C=O) groups is 1. The maximum Gasteiger partial charge on any atom is 0.324 e. The fraction of sp³-hybridized carbons (Fsp3) is 0.857. The van der Waals surface area contributed by atoms with Crippen LogP contribution >= 0.6 is 15.9 Å². The first-order valence-corrected chi connectivity index (χ1v) is 6.89. The number of hydrogen-bond donors (Lipinski definition) is 0. The van der Waals surface area contributed by atoms with E-state index in [1.165, 1.54) is 11.4 Å². The molecule has 1 saturated heterocycles. The molecule has 82 valence electrons. The van der Waals surface area contributed by atoms with Crippen LogP contribution in [0, 0.1) is 0 Å². The van der Waals surface area contributed by atoms with E-state index >= 15 is 0 Å². The molecule has 0 saturated carbocycles. The summed E-state index contributed by atoms with van der Waals surface area (Å²) in [7, 11) is -2.09. The van der Waals surface area contributed by atoms with Crippen LogP contribution in [-0.4, -0.2) is 43.1 Å². The van der Waals surface area contributed by atoms with Gasteiger partial charge in [0.1, 0.15) is 10.7 Å². The lowest BCUT2D eigenvalue weighted by Gasteiger charge is -2.20. The van der Waals surface area contributed by atoms with Crippen LogP contribution in [0.1, 0.15) is 12.8 Å². The number of hydrogen-bond acceptors (Lipinski definition) is 4. The summed E-state index contributed by atoms with van der Waals surface area (Å²) in [6.45, 7) is 0.397. The molecule has 1 heterocycles. The van der Waals surface area contributed by atoms with Gasteiger partial charge in [0.2, 0.25) is 10.0 Å². The first kappa shape index (κ1) is 11.9. The maximum atomic E-state index is 11.5. The molecule has 1 fully saturated rings. The Kier molecular flexibility index (Phi) is 3.91. The molecule has 0 N–H and O–H groups in total. The van der Waals surface area contributed by atoms with Crippen molar-refractivity contribution in [2.24, 2.45) is 0 Å². The number of ether oxygens (including phenoxy) is 1. The van der Waals surface area contributed by atoms with Gasteiger partial charge < -0.3 is 4.74 Å². The highest BCUT2D eigenvalue weighted by molar-refractivity contribution is 9.10. The minimum absolute atomic E-state index is 0.159. The smallest absolute Gasteiger partial charge is 0.324 e. The lowest BCUT2D eigenvalue weighted by molar-refractivity contribution is -0.144. The zero-order chi connectivity index (χ0) is 10.8. The van der Waals surface area contributed by atoms with Gasteiger partial charge in [0.25, 0.3) is 0 Å². The quantitative estimate of drug-likeness (QED) is 0.553. The number of nitrogens with zero attached hydrogens (tertiary/aromatic N) is 1. The zero-order valence-electron chi connectivity index (χ0n) is 7.77. The number of sulfonamides is 1. The molecule has 0 aromatic rings. The van der Waals surface area contributed by atoms with Crippen molar-refractivity contribution in [1.29, 1.82) is 0 Å². The summed E-state index contributed by atoms with van der Waals surface area (Å²) in [5.74, 6) is -0.480. The van der Waals surface area contributed by atoms with E-state index in [0.29, 0.717) is 19.4 Å². The number of esters is 1. The Balaban J connectivity index is 2.84. The first-order valence-electron chi connectivity index (χ1n) is 4.16. The van der Waals surface area contributed by atoms with E-state index in [2.05, 4.69) is 20.7 Å². The summed E-state index contributed by atoms with van der Waals surface area (Å²) in [5.41, 5.74) is 0. The third-order valence-electron chi connectivity index (χ3n) is 2.17. The van der Waals surface area contributed by atoms with Crippen LogP contribution in [0.4, 0.5) is 0 Å². The van der Waals surface area contributed by atoms with Crippen LogP contribution in [0.5, 0.6) is 0 Å². The summed E-state index contributed by atoms with van der Waals surface area (Å²) >= 11 is 2.90. The molecule has 0 radical (unpaired) electrons. The molecule has 0 aromatic heterocycles. The van der Waals surface area contributed by atoms with Crippen molar-refractivity contribution in [2.45, 2.75) is 18.9 Å². The minimum atomic E-state index is -3.35. The maximum absolute atomic E-state index is 11.5. The summed E-state index contributed by atoms with van der Waals surface area (Å²) in [6, 6.07) is -0.637. The molecule has 1 aliphatic heterocycles. The molecule has 0 bridgehead atoms. The highest BCUT2D eigenvalue weighted by atomic mass is 79.9. The first-order chi connectivity index (χ1) is 6.53. The highest BCUT2D eigenvalue weighted by Gasteiger charge is 2.38. The topological polar surface area (TPSA) is 63.7 Å². The van der Waals surface area contributed by atoms with Crippen molar-refractivity contribution in [1.82, 2.24) is 4.31 Å². The van der Waals surface area contributed by atoms with E-state index < -0.39 is 22.0 Å². The van der Waals surface area contributed by atoms with E-state index in [0.717, 1.165) is 0 Å². The molecule has 7 heteroatoms. The number of alkyl halides is 1. The molecular formula is C7H12BrNO4S. The Morgan fingerprint density at radius 1 is 1.64 bits per heavy atom. The lowest BCUT2D eigenvalue weighted by atomic mass is 10.2. The SMILES string of the molecule is COC(=O)C1CCCN1S(=O)(=O)CBr. The molecule has 5 nitrogen and oxygen atoms in total. The van der Waals surface area contributed by atoms with Crippen molar-refractivity contribution in [3.05, 3.63) is 0 Å². The largest absolute Gasteiger partial charge is 0.468 e. The Hall–Kier alpha value is -0.140. The monoisotopic (exact) mass is 285 g/mol. The van der Waals surface area contributed by atoms with E-state index in [1.807, 2.05) is 0 Å². The highest BCUT2D eigenvalue weighted by Crippen LogP contribution is 2.22. The normalized spacial score (nSPS) is 23.7. The van der Waals surface area contributed by atoms with Crippen LogP contribution in [0.2, 0.25) is 0 Å². The molecule has 0 aliphatic carbocycles. The van der Waals surface area contributed by atoms with Crippen LogP contribution in [0.3, 0.4) is 0 Å². The zero-order valence-corrected chi connectivity index (χ0v) is 10.2. The molecule has 0 aromatic carbocycles. The fourth-order valence-electron chi connectivity index (χ4n) is 1.51. The predicted molar refractivity (Wildman–Crippen MR) is 54.5 cm³/mol. The van der Waals surface area contributed by atoms with E-state index in [9.17, 15) is 13.2 Å². The van der Waals surface area contributed by atoms with Gasteiger partial charge in [-0.1, -0.05) is 15.9 Å². The van der Waals surface area contributed by atoms with Gasteiger partial charge >= 0.3 is 5.97 Å². The Morgan fingerprint density at radius 2 is 2.29 bits per heavy atom. The van der Waals surface area contributed by atoms with Gasteiger partial charge in [-0.3, -0.25) is 4.79 Å². The number of rotatable bonds is 3. The van der Waals surface area contributed by atoms with Gasteiger partial charge in [0, 0.05) is 6.54 Å². The van der Waals surface area contributed by atoms with Crippen molar-refractivity contribution in [2.75, 3.05) is 18.3 Å². The molecule has 0 amide bonds. The Labute approximate surface area is 91.6 Å². The summed E-state index contributed by atoms with van der Waals surface area (Å²) < 4.78 is 28.6. The van der Waals surface area contributed by atoms with Gasteiger partial charge in [-0.15, -0.1) is 0 Å². The van der Waals surface area contributed by atoms with Crippen molar-refractivity contribution >= 4 is 31.9 Å². The standard InChI is InChI=1S/C7H12BrNO4S/c1-13-7(10)6-3-2-4-9(6)14(11,12)5-8/h6H,2-5H2,1H3. The second kappa shape index (κ2) is 4.59. The van der Waals surface area contributed by atoms with Crippen molar-refractivity contribution < 1.29 is 17.9 Å². The molecule has 1 aliphatic rings. The third kappa shape index (κ3) is 2.26. The molecule has 14 heavy (non-hydrogen) atoms. The summed E-state index contributed by atoms with van der Waals surface area (Å²) in [6.07, 6.45) is 1.24.